The third-order valence-corrected chi connectivity index (χ3v) is 5.11. The van der Waals surface area contributed by atoms with Crippen LogP contribution in [-0.4, -0.2) is 20.5 Å². The van der Waals surface area contributed by atoms with Crippen LogP contribution in [0.1, 0.15) is 32.3 Å². The van der Waals surface area contributed by atoms with Crippen molar-refractivity contribution in [3.8, 4) is 6.07 Å². The molecule has 21 heavy (non-hydrogen) atoms. The molecule has 0 aliphatic heterocycles. The maximum atomic E-state index is 12.2. The van der Waals surface area contributed by atoms with Gasteiger partial charge in [-0.05, 0) is 31.0 Å². The zero-order valence-corrected chi connectivity index (χ0v) is 14.3. The first-order valence-electron chi connectivity index (χ1n) is 6.26. The molecule has 0 amide bonds. The predicted octanol–water partition coefficient (Wildman–Crippen LogP) is 2.43. The normalized spacial score (nSPS) is 11.6. The number of nitrogens with zero attached hydrogens (tertiary/aromatic N) is 1. The van der Waals surface area contributed by atoms with Crippen LogP contribution < -0.4 is 10.5 Å². The van der Waals surface area contributed by atoms with E-state index < -0.39 is 15.6 Å². The van der Waals surface area contributed by atoms with E-state index in [-0.39, 0.29) is 34.4 Å². The van der Waals surface area contributed by atoms with Crippen LogP contribution in [0.5, 0.6) is 0 Å². The van der Waals surface area contributed by atoms with Gasteiger partial charge in [-0.15, -0.1) is 12.4 Å². The van der Waals surface area contributed by atoms with Gasteiger partial charge in [0.05, 0.1) is 15.5 Å². The molecule has 0 heterocycles. The summed E-state index contributed by atoms with van der Waals surface area (Å²) in [4.78, 5) is 0.0241. The van der Waals surface area contributed by atoms with Crippen molar-refractivity contribution in [2.75, 3.05) is 6.54 Å². The molecule has 0 aromatic heterocycles. The molecule has 1 rings (SSSR count). The van der Waals surface area contributed by atoms with Gasteiger partial charge in [-0.2, -0.15) is 5.26 Å². The predicted molar refractivity (Wildman–Crippen MR) is 86.1 cm³/mol. The molecule has 0 radical (unpaired) electrons. The molecule has 0 fully saturated rings. The van der Waals surface area contributed by atoms with Crippen molar-refractivity contribution in [3.63, 3.8) is 0 Å². The maximum Gasteiger partial charge on any atom is 0.240 e. The Labute approximate surface area is 136 Å². The third-order valence-electron chi connectivity index (χ3n) is 3.39. The summed E-state index contributed by atoms with van der Waals surface area (Å²) in [6, 6.07) is 5.87. The number of nitrogens with one attached hydrogen (secondary N) is 1. The van der Waals surface area contributed by atoms with Crippen molar-refractivity contribution >= 4 is 34.0 Å². The van der Waals surface area contributed by atoms with Crippen molar-refractivity contribution in [1.29, 1.82) is 5.26 Å². The summed E-state index contributed by atoms with van der Waals surface area (Å²) in [5.74, 6) is 0. The molecule has 8 heteroatoms. The minimum absolute atomic E-state index is 0. The molecule has 1 aromatic carbocycles. The topological polar surface area (TPSA) is 96.0 Å². The quantitative estimate of drug-likeness (QED) is 0.822. The van der Waals surface area contributed by atoms with E-state index >= 15 is 0 Å². The second-order valence-corrected chi connectivity index (χ2v) is 6.82. The van der Waals surface area contributed by atoms with Gasteiger partial charge in [-0.1, -0.05) is 25.4 Å². The number of hydrogen-bond donors (Lipinski definition) is 2. The fraction of sp³-hybridized carbons (Fsp3) is 0.462. The number of halogens is 2. The molecule has 5 nitrogen and oxygen atoms in total. The van der Waals surface area contributed by atoms with Crippen LogP contribution in [0.15, 0.2) is 23.1 Å². The van der Waals surface area contributed by atoms with E-state index in [2.05, 4.69) is 4.72 Å². The lowest BCUT2D eigenvalue weighted by Gasteiger charge is -2.26. The summed E-state index contributed by atoms with van der Waals surface area (Å²) in [6.45, 7) is 3.98. The minimum Gasteiger partial charge on any atom is -0.324 e. The first kappa shape index (κ1) is 20.2. The van der Waals surface area contributed by atoms with Crippen LogP contribution in [0.3, 0.4) is 0 Å². The van der Waals surface area contributed by atoms with E-state index in [1.165, 1.54) is 18.2 Å². The number of nitriles is 1. The summed E-state index contributed by atoms with van der Waals surface area (Å²) in [6.07, 6.45) is 1.33. The summed E-state index contributed by atoms with van der Waals surface area (Å²) < 4.78 is 26.8. The van der Waals surface area contributed by atoms with Crippen molar-refractivity contribution < 1.29 is 8.42 Å². The lowest BCUT2D eigenvalue weighted by molar-refractivity contribution is 0.392. The minimum atomic E-state index is -3.68. The highest BCUT2D eigenvalue weighted by Gasteiger charge is 2.24. The number of benzene rings is 1. The van der Waals surface area contributed by atoms with Gasteiger partial charge in [0, 0.05) is 12.1 Å². The Morgan fingerprint density at radius 2 is 1.95 bits per heavy atom. The van der Waals surface area contributed by atoms with Crippen molar-refractivity contribution in [2.24, 2.45) is 5.73 Å². The van der Waals surface area contributed by atoms with Crippen LogP contribution in [0.25, 0.3) is 0 Å². The summed E-state index contributed by atoms with van der Waals surface area (Å²) in [5, 5.41) is 8.88. The molecular weight excluding hydrogens is 333 g/mol. The van der Waals surface area contributed by atoms with Gasteiger partial charge in [0.2, 0.25) is 10.0 Å². The van der Waals surface area contributed by atoms with Crippen LogP contribution in [0.2, 0.25) is 5.02 Å². The highest BCUT2D eigenvalue weighted by Crippen LogP contribution is 2.20. The van der Waals surface area contributed by atoms with E-state index in [1.807, 2.05) is 19.9 Å². The van der Waals surface area contributed by atoms with E-state index in [4.69, 9.17) is 22.6 Å². The molecule has 118 valence electrons. The molecule has 0 aliphatic carbocycles. The van der Waals surface area contributed by atoms with Gasteiger partial charge >= 0.3 is 0 Å². The van der Waals surface area contributed by atoms with Crippen molar-refractivity contribution in [2.45, 2.75) is 37.1 Å². The zero-order chi connectivity index (χ0) is 15.4. The SMILES string of the molecule is CCC(N)(CC)CNS(=O)(=O)c1ccc(C#N)c(Cl)c1.Cl. The van der Waals surface area contributed by atoms with Gasteiger partial charge in [0.1, 0.15) is 6.07 Å². The average molecular weight is 352 g/mol. The molecule has 0 saturated heterocycles. The van der Waals surface area contributed by atoms with Crippen LogP contribution >= 0.6 is 24.0 Å². The van der Waals surface area contributed by atoms with Crippen LogP contribution in [0, 0.1) is 11.3 Å². The molecule has 0 spiro atoms. The number of sulfonamides is 1. The summed E-state index contributed by atoms with van der Waals surface area (Å²) in [5.41, 5.74) is 5.73. The second-order valence-electron chi connectivity index (χ2n) is 4.65. The average Bonchev–Trinajstić information content (AvgIpc) is 2.44. The van der Waals surface area contributed by atoms with Gasteiger partial charge in [0.25, 0.3) is 0 Å². The zero-order valence-electron chi connectivity index (χ0n) is 11.9. The fourth-order valence-electron chi connectivity index (χ4n) is 1.58. The highest BCUT2D eigenvalue weighted by molar-refractivity contribution is 7.89. The Balaban J connectivity index is 0.00000400. The molecule has 0 bridgehead atoms. The maximum absolute atomic E-state index is 12.2. The van der Waals surface area contributed by atoms with Crippen molar-refractivity contribution in [3.05, 3.63) is 28.8 Å². The lowest BCUT2D eigenvalue weighted by atomic mass is 9.95. The standard InChI is InChI=1S/C13H18ClN3O2S.ClH/c1-3-13(16,4-2)9-17-20(18,19)11-6-5-10(8-15)12(14)7-11;/h5-7,17H,3-4,9,16H2,1-2H3;1H. The van der Waals surface area contributed by atoms with Gasteiger partial charge in [-0.25, -0.2) is 13.1 Å². The van der Waals surface area contributed by atoms with E-state index in [0.29, 0.717) is 12.8 Å². The molecule has 3 N–H and O–H groups in total. The Morgan fingerprint density at radius 3 is 2.38 bits per heavy atom. The molecule has 0 aliphatic rings. The molecular formula is C13H19Cl2N3O2S. The molecule has 1 aromatic rings. The number of rotatable bonds is 6. The van der Waals surface area contributed by atoms with Gasteiger partial charge in [0.15, 0.2) is 0 Å². The Morgan fingerprint density at radius 1 is 1.38 bits per heavy atom. The number of nitrogens with two attached hydrogens (primary N) is 1. The molecule has 0 atom stereocenters. The fourth-order valence-corrected chi connectivity index (χ4v) is 3.03. The van der Waals surface area contributed by atoms with E-state index in [0.717, 1.165) is 0 Å². The number of hydrogen-bond acceptors (Lipinski definition) is 4. The smallest absolute Gasteiger partial charge is 0.240 e. The molecule has 0 unspecified atom stereocenters. The first-order valence-corrected chi connectivity index (χ1v) is 8.12. The summed E-state index contributed by atoms with van der Waals surface area (Å²) in [7, 11) is -3.68. The monoisotopic (exact) mass is 351 g/mol. The van der Waals surface area contributed by atoms with E-state index in [9.17, 15) is 8.42 Å². The lowest BCUT2D eigenvalue weighted by Crippen LogP contribution is -2.49. The van der Waals surface area contributed by atoms with Crippen LogP contribution in [0.4, 0.5) is 0 Å². The largest absolute Gasteiger partial charge is 0.324 e. The van der Waals surface area contributed by atoms with E-state index in [1.54, 1.807) is 0 Å². The molecule has 0 saturated carbocycles. The van der Waals surface area contributed by atoms with Crippen molar-refractivity contribution in [1.82, 2.24) is 4.72 Å². The van der Waals surface area contributed by atoms with Gasteiger partial charge < -0.3 is 5.73 Å². The highest BCUT2D eigenvalue weighted by atomic mass is 35.5. The third kappa shape index (κ3) is 5.13. The second kappa shape index (κ2) is 7.97. The Bertz CT molecular complexity index is 623. The van der Waals surface area contributed by atoms with Gasteiger partial charge in [-0.3, -0.25) is 0 Å². The Hall–Kier alpha value is -0.840. The first-order chi connectivity index (χ1) is 9.28. The Kier molecular flexibility index (Phi) is 7.65. The summed E-state index contributed by atoms with van der Waals surface area (Å²) >= 11 is 5.84. The van der Waals surface area contributed by atoms with Crippen LogP contribution in [-0.2, 0) is 10.0 Å².